The lowest BCUT2D eigenvalue weighted by molar-refractivity contribution is 0.0599. The van der Waals surface area contributed by atoms with Gasteiger partial charge in [0.05, 0.1) is 23.7 Å². The maximum Gasteiger partial charge on any atom is 0.337 e. The molecule has 6 heteroatoms. The molecule has 1 unspecified atom stereocenters. The van der Waals surface area contributed by atoms with Crippen molar-refractivity contribution in [1.29, 1.82) is 0 Å². The zero-order valence-corrected chi connectivity index (χ0v) is 15.1. The van der Waals surface area contributed by atoms with Gasteiger partial charge in [-0.15, -0.1) is 0 Å². The molecule has 0 bridgehead atoms. The van der Waals surface area contributed by atoms with Gasteiger partial charge in [0.15, 0.2) is 0 Å². The largest absolute Gasteiger partial charge is 0.465 e. The maximum atomic E-state index is 12.9. The summed E-state index contributed by atoms with van der Waals surface area (Å²) >= 11 is 0. The quantitative estimate of drug-likeness (QED) is 0.724. The Bertz CT molecular complexity index is 945. The summed E-state index contributed by atoms with van der Waals surface area (Å²) in [6, 6.07) is 14.6. The molecule has 0 radical (unpaired) electrons. The summed E-state index contributed by atoms with van der Waals surface area (Å²) in [6.45, 7) is 1.37. The second kappa shape index (κ2) is 7.23. The molecular formula is C21H21N3O3. The van der Waals surface area contributed by atoms with Crippen molar-refractivity contribution >= 4 is 22.9 Å². The molecule has 2 heterocycles. The van der Waals surface area contributed by atoms with Crippen molar-refractivity contribution in [3.8, 4) is 0 Å². The Labute approximate surface area is 157 Å². The van der Waals surface area contributed by atoms with Crippen LogP contribution >= 0.6 is 0 Å². The van der Waals surface area contributed by atoms with Crippen LogP contribution < -0.4 is 0 Å². The summed E-state index contributed by atoms with van der Waals surface area (Å²) in [6.07, 6.45) is 1.94. The number of amides is 1. The van der Waals surface area contributed by atoms with Crippen molar-refractivity contribution in [3.05, 3.63) is 65.5 Å². The number of esters is 1. The number of para-hydroxylation sites is 2. The maximum absolute atomic E-state index is 12.9. The van der Waals surface area contributed by atoms with E-state index in [2.05, 4.69) is 4.98 Å². The first-order valence-electron chi connectivity index (χ1n) is 9.08. The van der Waals surface area contributed by atoms with Gasteiger partial charge in [0.1, 0.15) is 5.82 Å². The molecule has 4 rings (SSSR count). The van der Waals surface area contributed by atoms with Crippen molar-refractivity contribution in [1.82, 2.24) is 14.9 Å². The van der Waals surface area contributed by atoms with E-state index in [1.165, 1.54) is 7.11 Å². The van der Waals surface area contributed by atoms with Gasteiger partial charge in [0.2, 0.25) is 0 Å². The first kappa shape index (κ1) is 17.3. The smallest absolute Gasteiger partial charge is 0.337 e. The number of H-pyrrole nitrogens is 1. The lowest BCUT2D eigenvalue weighted by Crippen LogP contribution is -2.39. The van der Waals surface area contributed by atoms with Gasteiger partial charge < -0.3 is 14.6 Å². The van der Waals surface area contributed by atoms with Gasteiger partial charge >= 0.3 is 5.97 Å². The van der Waals surface area contributed by atoms with E-state index >= 15 is 0 Å². The van der Waals surface area contributed by atoms with Crippen LogP contribution in [0.4, 0.5) is 0 Å². The Morgan fingerprint density at radius 1 is 1.11 bits per heavy atom. The highest BCUT2D eigenvalue weighted by Crippen LogP contribution is 2.27. The molecule has 0 saturated carbocycles. The number of aromatic amines is 1. The van der Waals surface area contributed by atoms with E-state index in [-0.39, 0.29) is 11.8 Å². The summed E-state index contributed by atoms with van der Waals surface area (Å²) < 4.78 is 4.70. The van der Waals surface area contributed by atoms with Crippen molar-refractivity contribution in [2.24, 2.45) is 0 Å². The number of hydrogen-bond acceptors (Lipinski definition) is 4. The van der Waals surface area contributed by atoms with Crippen LogP contribution in [0.15, 0.2) is 48.5 Å². The summed E-state index contributed by atoms with van der Waals surface area (Å²) in [7, 11) is 1.34. The number of fused-ring (bicyclic) bond motifs is 1. The van der Waals surface area contributed by atoms with Crippen molar-refractivity contribution in [3.63, 3.8) is 0 Å². The number of carbonyl (C=O) groups is 2. The van der Waals surface area contributed by atoms with Crippen LogP contribution in [0.1, 0.15) is 45.3 Å². The summed E-state index contributed by atoms with van der Waals surface area (Å²) in [4.78, 5) is 34.4. The van der Waals surface area contributed by atoms with Crippen LogP contribution in [-0.4, -0.2) is 46.9 Å². The number of nitrogens with one attached hydrogen (secondary N) is 1. The van der Waals surface area contributed by atoms with E-state index in [4.69, 9.17) is 9.72 Å². The number of piperidine rings is 1. The Kier molecular flexibility index (Phi) is 4.62. The number of hydrogen-bond donors (Lipinski definition) is 1. The van der Waals surface area contributed by atoms with Crippen LogP contribution in [0.25, 0.3) is 11.0 Å². The van der Waals surface area contributed by atoms with E-state index in [1.54, 1.807) is 24.3 Å². The zero-order chi connectivity index (χ0) is 18.8. The fraction of sp³-hybridized carbons (Fsp3) is 0.286. The lowest BCUT2D eigenvalue weighted by atomic mass is 9.96. The molecule has 138 valence electrons. The third kappa shape index (κ3) is 3.43. The highest BCUT2D eigenvalue weighted by molar-refractivity contribution is 5.96. The van der Waals surface area contributed by atoms with Crippen molar-refractivity contribution in [2.45, 2.75) is 18.8 Å². The van der Waals surface area contributed by atoms with E-state index in [9.17, 15) is 9.59 Å². The predicted octanol–water partition coefficient (Wildman–Crippen LogP) is 3.37. The summed E-state index contributed by atoms with van der Waals surface area (Å²) in [5, 5.41) is 0. The van der Waals surface area contributed by atoms with Gasteiger partial charge in [-0.1, -0.05) is 12.1 Å². The Morgan fingerprint density at radius 2 is 1.85 bits per heavy atom. The van der Waals surface area contributed by atoms with Gasteiger partial charge in [0.25, 0.3) is 5.91 Å². The van der Waals surface area contributed by atoms with Crippen LogP contribution in [0.2, 0.25) is 0 Å². The average molecular weight is 363 g/mol. The predicted molar refractivity (Wildman–Crippen MR) is 102 cm³/mol. The van der Waals surface area contributed by atoms with Crippen LogP contribution in [0.5, 0.6) is 0 Å². The van der Waals surface area contributed by atoms with Gasteiger partial charge in [-0.2, -0.15) is 0 Å². The number of methoxy groups -OCH3 is 1. The van der Waals surface area contributed by atoms with E-state index in [1.807, 2.05) is 29.2 Å². The molecule has 2 aromatic carbocycles. The minimum Gasteiger partial charge on any atom is -0.465 e. The number of carbonyl (C=O) groups excluding carboxylic acids is 2. The summed E-state index contributed by atoms with van der Waals surface area (Å²) in [5.74, 6) is 0.711. The number of aromatic nitrogens is 2. The van der Waals surface area contributed by atoms with Crippen molar-refractivity contribution < 1.29 is 14.3 Å². The zero-order valence-electron chi connectivity index (χ0n) is 15.1. The van der Waals surface area contributed by atoms with Crippen LogP contribution in [-0.2, 0) is 4.74 Å². The minimum atomic E-state index is -0.406. The monoisotopic (exact) mass is 363 g/mol. The highest BCUT2D eigenvalue weighted by atomic mass is 16.5. The number of rotatable bonds is 3. The molecule has 1 N–H and O–H groups in total. The van der Waals surface area contributed by atoms with E-state index < -0.39 is 5.97 Å². The number of ether oxygens (including phenoxy) is 1. The second-order valence-electron chi connectivity index (χ2n) is 6.80. The van der Waals surface area contributed by atoms with Crippen molar-refractivity contribution in [2.75, 3.05) is 20.2 Å². The third-order valence-electron chi connectivity index (χ3n) is 5.06. The molecule has 0 spiro atoms. The summed E-state index contributed by atoms with van der Waals surface area (Å²) in [5.41, 5.74) is 2.99. The molecule has 1 saturated heterocycles. The third-order valence-corrected chi connectivity index (χ3v) is 5.06. The molecule has 1 aromatic heterocycles. The minimum absolute atomic E-state index is 0.0211. The average Bonchev–Trinajstić information content (AvgIpc) is 3.17. The first-order chi connectivity index (χ1) is 13.2. The van der Waals surface area contributed by atoms with Crippen LogP contribution in [0.3, 0.4) is 0 Å². The van der Waals surface area contributed by atoms with Gasteiger partial charge in [-0.3, -0.25) is 4.79 Å². The molecule has 1 amide bonds. The van der Waals surface area contributed by atoms with E-state index in [0.717, 1.165) is 36.2 Å². The molecule has 3 aromatic rings. The van der Waals surface area contributed by atoms with Gasteiger partial charge in [0, 0.05) is 24.6 Å². The molecular weight excluding hydrogens is 342 g/mol. The normalized spacial score (nSPS) is 17.1. The van der Waals surface area contributed by atoms with Gasteiger partial charge in [-0.05, 0) is 49.2 Å². The van der Waals surface area contributed by atoms with Crippen LogP contribution in [0, 0.1) is 0 Å². The Hall–Kier alpha value is -3.15. The molecule has 1 aliphatic heterocycles. The molecule has 27 heavy (non-hydrogen) atoms. The number of imidazole rings is 1. The van der Waals surface area contributed by atoms with Gasteiger partial charge in [-0.25, -0.2) is 9.78 Å². The molecule has 1 aliphatic rings. The number of benzene rings is 2. The Morgan fingerprint density at radius 3 is 2.59 bits per heavy atom. The number of nitrogens with zero attached hydrogens (tertiary/aromatic N) is 2. The second-order valence-corrected chi connectivity index (χ2v) is 6.80. The fourth-order valence-corrected chi connectivity index (χ4v) is 3.60. The standard InChI is InChI=1S/C21H21N3O3/c1-27-21(26)15-10-8-14(9-11-15)20(25)24-12-4-5-16(13-24)19-22-17-6-2-3-7-18(17)23-19/h2-3,6-11,16H,4-5,12-13H2,1H3,(H,22,23). The number of likely N-dealkylation sites (tertiary alicyclic amines) is 1. The molecule has 1 atom stereocenters. The fourth-order valence-electron chi connectivity index (χ4n) is 3.60. The Balaban J connectivity index is 1.50. The highest BCUT2D eigenvalue weighted by Gasteiger charge is 2.27. The molecule has 6 nitrogen and oxygen atoms in total. The molecule has 0 aliphatic carbocycles. The lowest BCUT2D eigenvalue weighted by Gasteiger charge is -2.32. The SMILES string of the molecule is COC(=O)c1ccc(C(=O)N2CCCC(c3nc4ccccc4[nH]3)C2)cc1. The topological polar surface area (TPSA) is 75.3 Å². The van der Waals surface area contributed by atoms with E-state index in [0.29, 0.717) is 17.7 Å². The molecule has 1 fully saturated rings. The first-order valence-corrected chi connectivity index (χ1v) is 9.08.